The third-order valence-electron chi connectivity index (χ3n) is 4.48. The molecular formula is C18H20FN3O3. The molecule has 1 aliphatic heterocycles. The second kappa shape index (κ2) is 6.66. The number of carboxylic acids is 1. The van der Waals surface area contributed by atoms with Gasteiger partial charge < -0.3 is 10.0 Å². The van der Waals surface area contributed by atoms with Crippen molar-refractivity contribution in [2.45, 2.75) is 39.2 Å². The number of amides is 1. The number of benzene rings is 1. The Labute approximate surface area is 144 Å². The lowest BCUT2D eigenvalue weighted by molar-refractivity contribution is -0.143. The molecule has 1 aliphatic rings. The van der Waals surface area contributed by atoms with Gasteiger partial charge in [-0.3, -0.25) is 4.79 Å². The van der Waals surface area contributed by atoms with Crippen molar-refractivity contribution in [3.8, 4) is 5.69 Å². The molecule has 0 saturated carbocycles. The number of piperidine rings is 1. The third-order valence-corrected chi connectivity index (χ3v) is 4.48. The lowest BCUT2D eigenvalue weighted by atomic mass is 10.0. The van der Waals surface area contributed by atoms with Crippen LogP contribution in [0, 0.1) is 19.7 Å². The van der Waals surface area contributed by atoms with E-state index in [-0.39, 0.29) is 11.3 Å². The average Bonchev–Trinajstić information content (AvgIpc) is 2.92. The van der Waals surface area contributed by atoms with E-state index in [9.17, 15) is 19.1 Å². The lowest BCUT2D eigenvalue weighted by Crippen LogP contribution is -2.48. The quantitative estimate of drug-likeness (QED) is 0.928. The average molecular weight is 345 g/mol. The summed E-state index contributed by atoms with van der Waals surface area (Å²) in [6.45, 7) is 4.02. The molecule has 0 bridgehead atoms. The van der Waals surface area contributed by atoms with E-state index in [1.807, 2.05) is 19.9 Å². The smallest absolute Gasteiger partial charge is 0.326 e. The van der Waals surface area contributed by atoms with Crippen LogP contribution < -0.4 is 0 Å². The van der Waals surface area contributed by atoms with Gasteiger partial charge in [0.25, 0.3) is 5.91 Å². The van der Waals surface area contributed by atoms with E-state index in [2.05, 4.69) is 5.10 Å². The van der Waals surface area contributed by atoms with Crippen molar-refractivity contribution >= 4 is 11.9 Å². The van der Waals surface area contributed by atoms with Crippen LogP contribution in [0.1, 0.15) is 41.0 Å². The van der Waals surface area contributed by atoms with Gasteiger partial charge in [0, 0.05) is 17.8 Å². The van der Waals surface area contributed by atoms with Crippen LogP contribution in [-0.2, 0) is 4.79 Å². The molecule has 7 heteroatoms. The Bertz CT molecular complexity index is 831. The van der Waals surface area contributed by atoms with Crippen LogP contribution in [0.15, 0.2) is 24.3 Å². The van der Waals surface area contributed by atoms with Crippen LogP contribution in [0.25, 0.3) is 5.69 Å². The number of aromatic nitrogens is 2. The van der Waals surface area contributed by atoms with Gasteiger partial charge in [-0.2, -0.15) is 5.10 Å². The number of aliphatic carboxylic acids is 1. The van der Waals surface area contributed by atoms with Gasteiger partial charge in [0.1, 0.15) is 17.5 Å². The van der Waals surface area contributed by atoms with Crippen LogP contribution in [0.3, 0.4) is 0 Å². The largest absolute Gasteiger partial charge is 0.480 e. The molecule has 0 radical (unpaired) electrons. The number of carbonyl (C=O) groups excluding carboxylic acids is 1. The highest BCUT2D eigenvalue weighted by Gasteiger charge is 2.32. The third kappa shape index (κ3) is 3.26. The zero-order valence-electron chi connectivity index (χ0n) is 14.2. The Balaban J connectivity index is 1.91. The number of carbonyl (C=O) groups is 2. The van der Waals surface area contributed by atoms with Crippen molar-refractivity contribution in [1.82, 2.24) is 14.7 Å². The van der Waals surface area contributed by atoms with Crippen LogP contribution in [0.4, 0.5) is 4.39 Å². The Morgan fingerprint density at radius 1 is 1.24 bits per heavy atom. The molecule has 2 aromatic rings. The number of carboxylic acid groups (broad SMARTS) is 1. The lowest BCUT2D eigenvalue weighted by Gasteiger charge is -2.33. The predicted molar refractivity (Wildman–Crippen MR) is 89.3 cm³/mol. The predicted octanol–water partition coefficient (Wildman–Crippen LogP) is 2.71. The van der Waals surface area contributed by atoms with E-state index in [1.54, 1.807) is 0 Å². The fourth-order valence-electron chi connectivity index (χ4n) is 3.28. The van der Waals surface area contributed by atoms with E-state index in [1.165, 1.54) is 21.7 Å². The molecule has 2 heterocycles. The molecule has 0 spiro atoms. The van der Waals surface area contributed by atoms with Crippen LogP contribution >= 0.6 is 0 Å². The molecule has 1 aromatic heterocycles. The summed E-state index contributed by atoms with van der Waals surface area (Å²) in [6.07, 6.45) is 1.95. The minimum atomic E-state index is -1.02. The number of hydrogen-bond donors (Lipinski definition) is 1. The summed E-state index contributed by atoms with van der Waals surface area (Å²) < 4.78 is 16.0. The normalized spacial score (nSPS) is 17.6. The van der Waals surface area contributed by atoms with E-state index in [0.29, 0.717) is 13.0 Å². The van der Waals surface area contributed by atoms with E-state index < -0.39 is 23.7 Å². The van der Waals surface area contributed by atoms with Crippen molar-refractivity contribution < 1.29 is 19.1 Å². The number of hydrogen-bond acceptors (Lipinski definition) is 3. The fraction of sp³-hybridized carbons (Fsp3) is 0.389. The molecule has 1 amide bonds. The van der Waals surface area contributed by atoms with Gasteiger partial charge in [-0.25, -0.2) is 13.9 Å². The molecule has 0 aliphatic carbocycles. The topological polar surface area (TPSA) is 75.4 Å². The molecule has 132 valence electrons. The van der Waals surface area contributed by atoms with Crippen molar-refractivity contribution in [3.63, 3.8) is 0 Å². The summed E-state index contributed by atoms with van der Waals surface area (Å²) in [5.74, 6) is -2.04. The highest BCUT2D eigenvalue weighted by atomic mass is 19.1. The van der Waals surface area contributed by atoms with E-state index >= 15 is 0 Å². The minimum absolute atomic E-state index is 0.149. The minimum Gasteiger partial charge on any atom is -0.480 e. The second-order valence-corrected chi connectivity index (χ2v) is 6.35. The first-order valence-corrected chi connectivity index (χ1v) is 8.25. The van der Waals surface area contributed by atoms with Crippen molar-refractivity contribution in [1.29, 1.82) is 0 Å². The van der Waals surface area contributed by atoms with Crippen LogP contribution in [-0.4, -0.2) is 44.3 Å². The number of rotatable bonds is 3. The SMILES string of the molecule is Cc1cc(C)n(-c2ccc(C(=O)N3CCCC[C@@H]3C(=O)O)cc2F)n1. The highest BCUT2D eigenvalue weighted by Crippen LogP contribution is 2.22. The molecule has 0 unspecified atom stereocenters. The molecule has 6 nitrogen and oxygen atoms in total. The van der Waals surface area contributed by atoms with Crippen LogP contribution in [0.2, 0.25) is 0 Å². The van der Waals surface area contributed by atoms with Crippen molar-refractivity contribution in [3.05, 3.63) is 47.0 Å². The maximum Gasteiger partial charge on any atom is 0.326 e. The zero-order chi connectivity index (χ0) is 18.1. The molecule has 25 heavy (non-hydrogen) atoms. The molecule has 1 saturated heterocycles. The summed E-state index contributed by atoms with van der Waals surface area (Å²) >= 11 is 0. The van der Waals surface area contributed by atoms with Gasteiger partial charge >= 0.3 is 5.97 Å². The fourth-order valence-corrected chi connectivity index (χ4v) is 3.28. The van der Waals surface area contributed by atoms with E-state index in [4.69, 9.17) is 0 Å². The molecule has 1 aromatic carbocycles. The highest BCUT2D eigenvalue weighted by molar-refractivity contribution is 5.97. The number of aryl methyl sites for hydroxylation is 2. The number of nitrogens with zero attached hydrogens (tertiary/aromatic N) is 3. The van der Waals surface area contributed by atoms with Gasteiger partial charge in [-0.1, -0.05) is 0 Å². The van der Waals surface area contributed by atoms with Crippen molar-refractivity contribution in [2.75, 3.05) is 6.54 Å². The molecule has 3 rings (SSSR count). The molecule has 1 fully saturated rings. The maximum atomic E-state index is 14.6. The first-order valence-electron chi connectivity index (χ1n) is 8.25. The maximum absolute atomic E-state index is 14.6. The Morgan fingerprint density at radius 3 is 2.60 bits per heavy atom. The Morgan fingerprint density at radius 2 is 2.00 bits per heavy atom. The van der Waals surface area contributed by atoms with E-state index in [0.717, 1.165) is 30.3 Å². The summed E-state index contributed by atoms with van der Waals surface area (Å²) in [5.41, 5.74) is 1.97. The summed E-state index contributed by atoms with van der Waals surface area (Å²) in [7, 11) is 0. The first kappa shape index (κ1) is 17.1. The summed E-state index contributed by atoms with van der Waals surface area (Å²) in [4.78, 5) is 25.3. The Kier molecular flexibility index (Phi) is 4.57. The molecular weight excluding hydrogens is 325 g/mol. The van der Waals surface area contributed by atoms with Gasteiger partial charge in [0.2, 0.25) is 0 Å². The Hall–Kier alpha value is -2.70. The van der Waals surface area contributed by atoms with Gasteiger partial charge in [-0.15, -0.1) is 0 Å². The first-order chi connectivity index (χ1) is 11.9. The van der Waals surface area contributed by atoms with Gasteiger partial charge in [0.15, 0.2) is 0 Å². The molecule has 1 atom stereocenters. The monoisotopic (exact) mass is 345 g/mol. The number of likely N-dealkylation sites (tertiary alicyclic amines) is 1. The molecule has 1 N–H and O–H groups in total. The summed E-state index contributed by atoms with van der Waals surface area (Å²) in [5, 5.41) is 13.5. The standard InChI is InChI=1S/C18H20FN3O3/c1-11-9-12(2)22(20-11)15-7-6-13(10-14(15)19)17(23)21-8-4-3-5-16(21)18(24)25/h6-7,9-10,16H,3-5,8H2,1-2H3,(H,24,25)/t16-/m1/s1. The summed E-state index contributed by atoms with van der Waals surface area (Å²) in [6, 6.07) is 5.16. The number of halogens is 1. The zero-order valence-corrected chi connectivity index (χ0v) is 14.2. The van der Waals surface area contributed by atoms with Gasteiger partial charge in [0.05, 0.1) is 5.69 Å². The van der Waals surface area contributed by atoms with Gasteiger partial charge in [-0.05, 0) is 57.4 Å². The van der Waals surface area contributed by atoms with Crippen LogP contribution in [0.5, 0.6) is 0 Å². The van der Waals surface area contributed by atoms with Crippen molar-refractivity contribution in [2.24, 2.45) is 0 Å². The second-order valence-electron chi connectivity index (χ2n) is 6.35.